The maximum absolute atomic E-state index is 12.0. The van der Waals surface area contributed by atoms with E-state index in [0.29, 0.717) is 19.6 Å². The highest BCUT2D eigenvalue weighted by Crippen LogP contribution is 2.23. The predicted octanol–water partition coefficient (Wildman–Crippen LogP) is 5.87. The maximum Gasteiger partial charge on any atom is 0.310 e. The van der Waals surface area contributed by atoms with Gasteiger partial charge in [-0.2, -0.15) is 0 Å². The Hall–Kier alpha value is -3.31. The highest BCUT2D eigenvalue weighted by Gasteiger charge is 2.12. The zero-order valence-electron chi connectivity index (χ0n) is 18.4. The van der Waals surface area contributed by atoms with Gasteiger partial charge in [0, 0.05) is 6.42 Å². The van der Waals surface area contributed by atoms with E-state index in [-0.39, 0.29) is 19.8 Å². The molecule has 0 aromatic heterocycles. The van der Waals surface area contributed by atoms with Crippen molar-refractivity contribution in [1.82, 2.24) is 4.48 Å². The van der Waals surface area contributed by atoms with Crippen LogP contribution >= 0.6 is 0 Å². The predicted molar refractivity (Wildman–Crippen MR) is 130 cm³/mol. The molecule has 0 aliphatic heterocycles. The second-order valence-electron chi connectivity index (χ2n) is 8.16. The summed E-state index contributed by atoms with van der Waals surface area (Å²) in [6.07, 6.45) is 0.912. The smallest absolute Gasteiger partial charge is 0.310 e. The Bertz CT molecular complexity index is 946. The summed E-state index contributed by atoms with van der Waals surface area (Å²) < 4.78 is 17.5. The van der Waals surface area contributed by atoms with Crippen molar-refractivity contribution < 1.29 is 19.0 Å². The number of carbonyl (C=O) groups is 1. The zero-order chi connectivity index (χ0) is 22.1. The number of rotatable bonds is 10. The summed E-state index contributed by atoms with van der Waals surface area (Å²) in [4.78, 5) is 12.0. The van der Waals surface area contributed by atoms with Gasteiger partial charge < -0.3 is 14.2 Å². The summed E-state index contributed by atoms with van der Waals surface area (Å²) in [5.41, 5.74) is 2.14. The van der Waals surface area contributed by atoms with Crippen molar-refractivity contribution in [1.29, 1.82) is 0 Å². The first-order valence-corrected chi connectivity index (χ1v) is 10.4. The summed E-state index contributed by atoms with van der Waals surface area (Å²) in [7, 11) is 6.33. The van der Waals surface area contributed by atoms with Gasteiger partial charge >= 0.3 is 5.97 Å². The van der Waals surface area contributed by atoms with E-state index < -0.39 is 0 Å². The van der Waals surface area contributed by atoms with Crippen molar-refractivity contribution in [3.63, 3.8) is 0 Å². The average Bonchev–Trinajstić information content (AvgIpc) is 2.75. The Morgan fingerprint density at radius 3 is 1.97 bits per heavy atom. The van der Waals surface area contributed by atoms with Crippen LogP contribution in [0.1, 0.15) is 19.4 Å². The number of quaternary nitrogens is 1. The molecule has 0 aliphatic carbocycles. The number of ether oxygens (including phenoxy) is 3. The molecule has 3 rings (SSSR count). The number of benzene rings is 3. The number of nitrogens with zero attached hydrogens (tertiary/aromatic N) is 1. The summed E-state index contributed by atoms with van der Waals surface area (Å²) in [5, 5.41) is 0. The van der Waals surface area contributed by atoms with Gasteiger partial charge in [0.25, 0.3) is 0 Å². The minimum Gasteiger partial charge on any atom is -0.493 e. The molecule has 0 N–H and O–H groups in total. The quantitative estimate of drug-likeness (QED) is 0.227. The normalized spacial score (nSPS) is 10.7. The van der Waals surface area contributed by atoms with E-state index in [9.17, 15) is 4.79 Å². The van der Waals surface area contributed by atoms with Crippen molar-refractivity contribution in [3.05, 3.63) is 84.4 Å². The Morgan fingerprint density at radius 2 is 1.34 bits per heavy atom. The van der Waals surface area contributed by atoms with E-state index in [4.69, 9.17) is 14.2 Å². The van der Waals surface area contributed by atoms with E-state index in [1.165, 1.54) is 5.69 Å². The van der Waals surface area contributed by atoms with Gasteiger partial charge in [0.1, 0.15) is 22.9 Å². The van der Waals surface area contributed by atoms with E-state index in [0.717, 1.165) is 27.3 Å². The summed E-state index contributed by atoms with van der Waals surface area (Å²) in [6.45, 7) is 0.815. The molecule has 0 atom stereocenters. The highest BCUT2D eigenvalue weighted by molar-refractivity contribution is 5.72. The van der Waals surface area contributed by atoms with Gasteiger partial charge in [0.05, 0.1) is 40.8 Å². The number of para-hydroxylation sites is 1. The molecular weight excluding hydrogens is 402 g/mol. The van der Waals surface area contributed by atoms with Crippen molar-refractivity contribution in [3.8, 4) is 17.2 Å². The molecule has 3 aromatic carbocycles. The molecule has 5 nitrogen and oxygen atoms in total. The number of esters is 1. The van der Waals surface area contributed by atoms with Crippen LogP contribution in [0.4, 0.5) is 5.69 Å². The van der Waals surface area contributed by atoms with Crippen LogP contribution in [0.3, 0.4) is 0 Å². The maximum atomic E-state index is 12.0. The molecule has 3 aromatic rings. The highest BCUT2D eigenvalue weighted by atomic mass is 16.5. The molecule has 0 bridgehead atoms. The summed E-state index contributed by atoms with van der Waals surface area (Å²) >= 11 is 0. The van der Waals surface area contributed by atoms with E-state index in [1.807, 2.05) is 78.9 Å². The Labute approximate surface area is 191 Å². The van der Waals surface area contributed by atoms with E-state index in [2.05, 4.69) is 21.1 Å². The minimum absolute atomic E-state index is 0. The molecule has 0 amide bonds. The number of hydrogen-bond donors (Lipinski definition) is 0. The van der Waals surface area contributed by atoms with Crippen LogP contribution in [0.5, 0.6) is 17.2 Å². The molecule has 0 radical (unpaired) electrons. The van der Waals surface area contributed by atoms with Gasteiger partial charge in [0.15, 0.2) is 0 Å². The lowest BCUT2D eigenvalue weighted by Crippen LogP contribution is -2.34. The molecule has 0 spiro atoms. The van der Waals surface area contributed by atoms with Crippen LogP contribution in [0.25, 0.3) is 0 Å². The van der Waals surface area contributed by atoms with Gasteiger partial charge in [-0.25, -0.2) is 0 Å². The number of carbonyl (C=O) groups excluding carboxylic acids is 1. The van der Waals surface area contributed by atoms with Crippen LogP contribution in [0.2, 0.25) is 0 Å². The zero-order valence-corrected chi connectivity index (χ0v) is 18.4. The van der Waals surface area contributed by atoms with Gasteiger partial charge in [-0.05, 0) is 54.1 Å². The van der Waals surface area contributed by atoms with Crippen molar-refractivity contribution in [2.45, 2.75) is 20.3 Å². The fourth-order valence-corrected chi connectivity index (χ4v) is 2.94. The fourth-order valence-electron chi connectivity index (χ4n) is 2.94. The molecule has 0 saturated heterocycles. The first-order valence-electron chi connectivity index (χ1n) is 10.4. The lowest BCUT2D eigenvalue weighted by atomic mass is 10.1. The van der Waals surface area contributed by atoms with Crippen LogP contribution in [-0.4, -0.2) is 40.3 Å². The molecule has 5 heteroatoms. The van der Waals surface area contributed by atoms with Gasteiger partial charge in [-0.3, -0.25) is 9.28 Å². The molecule has 170 valence electrons. The first kappa shape index (κ1) is 25.0. The van der Waals surface area contributed by atoms with E-state index >= 15 is 0 Å². The van der Waals surface area contributed by atoms with Crippen molar-refractivity contribution >= 4 is 11.7 Å². The Balaban J connectivity index is 0.00000363. The van der Waals surface area contributed by atoms with Crippen LogP contribution < -0.4 is 14.0 Å². The van der Waals surface area contributed by atoms with E-state index in [1.54, 1.807) is 0 Å². The topological polar surface area (TPSA) is 44.8 Å². The van der Waals surface area contributed by atoms with Crippen LogP contribution in [0, 0.1) is 0 Å². The fraction of sp³-hybridized carbons (Fsp3) is 0.296. The third-order valence-corrected chi connectivity index (χ3v) is 4.68. The van der Waals surface area contributed by atoms with Gasteiger partial charge in [-0.15, -0.1) is 0 Å². The Morgan fingerprint density at radius 1 is 0.750 bits per heavy atom. The van der Waals surface area contributed by atoms with Crippen molar-refractivity contribution in [2.75, 3.05) is 34.4 Å². The molecule has 0 heterocycles. The molecule has 32 heavy (non-hydrogen) atoms. The van der Waals surface area contributed by atoms with Gasteiger partial charge in [-0.1, -0.05) is 37.8 Å². The SMILES string of the molecule is C.C[N+](C)(C)c1ccc(CC(=O)OCCCOc2ccc(Oc3ccccc3)cc2)cc1. The Kier molecular flexibility index (Phi) is 9.29. The second kappa shape index (κ2) is 11.9. The molecule has 0 saturated carbocycles. The van der Waals surface area contributed by atoms with Crippen molar-refractivity contribution in [2.24, 2.45) is 0 Å². The van der Waals surface area contributed by atoms with Crippen LogP contribution in [-0.2, 0) is 16.0 Å². The molecule has 0 unspecified atom stereocenters. The second-order valence-corrected chi connectivity index (χ2v) is 8.16. The first-order chi connectivity index (χ1) is 14.9. The molecule has 0 aliphatic rings. The summed E-state index contributed by atoms with van der Waals surface area (Å²) in [5.74, 6) is 2.08. The standard InChI is InChI=1S/C26H30NO4.CH4/c1-27(2,3)22-12-10-21(11-13-22)20-26(28)30-19-7-18-29-23-14-16-25(17-15-23)31-24-8-5-4-6-9-24;/h4-6,8-17H,7,18-20H2,1-3H3;1H4/q+1;. The molecular formula is C27H34NO4+. The third-order valence-electron chi connectivity index (χ3n) is 4.68. The third kappa shape index (κ3) is 8.08. The average molecular weight is 437 g/mol. The van der Waals surface area contributed by atoms with Gasteiger partial charge in [0.2, 0.25) is 0 Å². The monoisotopic (exact) mass is 436 g/mol. The lowest BCUT2D eigenvalue weighted by Gasteiger charge is -2.23. The summed E-state index contributed by atoms with van der Waals surface area (Å²) in [6, 6.07) is 25.2. The molecule has 0 fully saturated rings. The van der Waals surface area contributed by atoms with Crippen LogP contribution in [0.15, 0.2) is 78.9 Å². The minimum atomic E-state index is -0.222. The number of hydrogen-bond acceptors (Lipinski definition) is 4. The largest absolute Gasteiger partial charge is 0.493 e. The lowest BCUT2D eigenvalue weighted by molar-refractivity contribution is -0.143.